The Kier molecular flexibility index (Phi) is 5.36. The molecule has 6 heteroatoms. The van der Waals surface area contributed by atoms with Gasteiger partial charge in [0.1, 0.15) is 5.75 Å². The highest BCUT2D eigenvalue weighted by atomic mass is 32.1. The van der Waals surface area contributed by atoms with E-state index in [1.807, 2.05) is 37.4 Å². The minimum atomic E-state index is -0.199. The first kappa shape index (κ1) is 19.2. The lowest BCUT2D eigenvalue weighted by Crippen LogP contribution is -2.16. The fourth-order valence-corrected chi connectivity index (χ4v) is 4.29. The first-order valence-electron chi connectivity index (χ1n) is 9.54. The molecular weight excluding hydrogens is 382 g/mol. The second-order valence-electron chi connectivity index (χ2n) is 7.20. The average Bonchev–Trinajstić information content (AvgIpc) is 3.26. The van der Waals surface area contributed by atoms with Crippen molar-refractivity contribution in [2.45, 2.75) is 26.4 Å². The Hall–Kier alpha value is -3.12. The molecule has 2 aromatic carbocycles. The van der Waals surface area contributed by atoms with Crippen molar-refractivity contribution in [1.82, 2.24) is 9.78 Å². The Morgan fingerprint density at radius 1 is 1.21 bits per heavy atom. The molecule has 4 aromatic rings. The molecule has 0 fully saturated rings. The molecular formula is C23H23N3O2S. The molecule has 2 heterocycles. The number of amides is 1. The summed E-state index contributed by atoms with van der Waals surface area (Å²) < 4.78 is 9.02. The number of hydrogen-bond acceptors (Lipinski definition) is 4. The minimum Gasteiger partial charge on any atom is -0.489 e. The first-order valence-corrected chi connectivity index (χ1v) is 10.4. The molecule has 1 atom stereocenters. The first-order chi connectivity index (χ1) is 14.0. The number of benzene rings is 2. The fraction of sp³-hybridized carbons (Fsp3) is 0.217. The third-order valence-electron chi connectivity index (χ3n) is 4.62. The van der Waals surface area contributed by atoms with Crippen LogP contribution in [0.1, 0.15) is 27.7 Å². The van der Waals surface area contributed by atoms with Crippen molar-refractivity contribution >= 4 is 33.1 Å². The number of nitrogens with zero attached hydrogens (tertiary/aromatic N) is 2. The number of hydrogen-bond donors (Lipinski definition) is 1. The number of thiophene rings is 1. The van der Waals surface area contributed by atoms with Crippen LogP contribution in [0.15, 0.2) is 60.8 Å². The lowest BCUT2D eigenvalue weighted by molar-refractivity contribution is 0.102. The molecule has 0 saturated carbocycles. The van der Waals surface area contributed by atoms with Crippen molar-refractivity contribution in [2.24, 2.45) is 7.05 Å². The van der Waals surface area contributed by atoms with E-state index in [0.29, 0.717) is 11.4 Å². The van der Waals surface area contributed by atoms with Crippen LogP contribution < -0.4 is 10.1 Å². The van der Waals surface area contributed by atoms with Gasteiger partial charge in [0, 0.05) is 36.2 Å². The molecule has 4 rings (SSSR count). The number of nitrogens with one attached hydrogen (secondary N) is 1. The van der Waals surface area contributed by atoms with E-state index in [-0.39, 0.29) is 12.0 Å². The Bertz CT molecular complexity index is 1150. The third-order valence-corrected chi connectivity index (χ3v) is 5.70. The number of rotatable bonds is 6. The van der Waals surface area contributed by atoms with Crippen molar-refractivity contribution in [3.63, 3.8) is 0 Å². The van der Waals surface area contributed by atoms with E-state index in [2.05, 4.69) is 42.5 Å². The second kappa shape index (κ2) is 8.09. The van der Waals surface area contributed by atoms with Crippen molar-refractivity contribution in [2.75, 3.05) is 5.32 Å². The van der Waals surface area contributed by atoms with Crippen LogP contribution in [0, 0.1) is 6.92 Å². The second-order valence-corrected chi connectivity index (χ2v) is 8.45. The van der Waals surface area contributed by atoms with Gasteiger partial charge in [-0.05, 0) is 43.0 Å². The summed E-state index contributed by atoms with van der Waals surface area (Å²) in [6.45, 7) is 4.12. The average molecular weight is 406 g/mol. The monoisotopic (exact) mass is 405 g/mol. The lowest BCUT2D eigenvalue weighted by atomic mass is 10.1. The maximum atomic E-state index is 12.8. The van der Waals surface area contributed by atoms with Crippen molar-refractivity contribution in [1.29, 1.82) is 0 Å². The maximum absolute atomic E-state index is 12.8. The van der Waals surface area contributed by atoms with E-state index in [4.69, 9.17) is 4.74 Å². The Balaban J connectivity index is 1.60. The van der Waals surface area contributed by atoms with Crippen LogP contribution in [0.4, 0.5) is 5.82 Å². The smallest absolute Gasteiger partial charge is 0.257 e. The number of anilines is 1. The molecule has 29 heavy (non-hydrogen) atoms. The molecule has 0 saturated heterocycles. The summed E-state index contributed by atoms with van der Waals surface area (Å²) in [6, 6.07) is 17.9. The zero-order chi connectivity index (χ0) is 20.4. The van der Waals surface area contributed by atoms with Gasteiger partial charge in [-0.1, -0.05) is 30.3 Å². The van der Waals surface area contributed by atoms with Crippen LogP contribution in [0.5, 0.6) is 5.75 Å². The Morgan fingerprint density at radius 3 is 2.72 bits per heavy atom. The molecule has 0 unspecified atom stereocenters. The van der Waals surface area contributed by atoms with Gasteiger partial charge in [0.25, 0.3) is 5.91 Å². The molecule has 0 aliphatic heterocycles. The van der Waals surface area contributed by atoms with Gasteiger partial charge in [-0.15, -0.1) is 11.3 Å². The summed E-state index contributed by atoms with van der Waals surface area (Å²) in [5.41, 5.74) is 1.78. The van der Waals surface area contributed by atoms with Crippen LogP contribution in [-0.2, 0) is 13.5 Å². The van der Waals surface area contributed by atoms with E-state index < -0.39 is 0 Å². The van der Waals surface area contributed by atoms with Crippen LogP contribution in [0.25, 0.3) is 10.1 Å². The number of ether oxygens (including phenoxy) is 1. The van der Waals surface area contributed by atoms with Gasteiger partial charge in [-0.3, -0.25) is 9.48 Å². The summed E-state index contributed by atoms with van der Waals surface area (Å²) in [7, 11) is 1.82. The van der Waals surface area contributed by atoms with E-state index in [1.165, 1.54) is 10.4 Å². The summed E-state index contributed by atoms with van der Waals surface area (Å²) in [5, 5.41) is 8.08. The molecule has 1 amide bonds. The highest BCUT2D eigenvalue weighted by Crippen LogP contribution is 2.35. The van der Waals surface area contributed by atoms with Gasteiger partial charge in [-0.25, -0.2) is 0 Å². The van der Waals surface area contributed by atoms with E-state index in [9.17, 15) is 4.79 Å². The van der Waals surface area contributed by atoms with Gasteiger partial charge in [0.15, 0.2) is 5.82 Å². The van der Waals surface area contributed by atoms with Crippen LogP contribution in [-0.4, -0.2) is 21.8 Å². The number of aryl methyl sites for hydroxylation is 2. The molecule has 5 nitrogen and oxygen atoms in total. The predicted octanol–water partition coefficient (Wildman–Crippen LogP) is 5.21. The number of carbonyl (C=O) groups is 1. The van der Waals surface area contributed by atoms with Crippen molar-refractivity contribution in [3.05, 3.63) is 76.8 Å². The van der Waals surface area contributed by atoms with Crippen molar-refractivity contribution in [3.8, 4) is 5.75 Å². The van der Waals surface area contributed by atoms with Gasteiger partial charge in [-0.2, -0.15) is 5.10 Å². The van der Waals surface area contributed by atoms with Gasteiger partial charge in [0.05, 0.1) is 10.8 Å². The maximum Gasteiger partial charge on any atom is 0.257 e. The zero-order valence-corrected chi connectivity index (χ0v) is 17.5. The molecule has 0 aliphatic rings. The molecule has 0 radical (unpaired) electrons. The van der Waals surface area contributed by atoms with Crippen molar-refractivity contribution < 1.29 is 9.53 Å². The van der Waals surface area contributed by atoms with Crippen LogP contribution in [0.2, 0.25) is 0 Å². The largest absolute Gasteiger partial charge is 0.489 e. The standard InChI is InChI=1S/C23H23N3O2S/c1-15(11-17-7-5-4-6-8-17)28-20-14-19(13-18-12-16(2)29-22(18)20)23(27)24-21-9-10-26(3)25-21/h4-10,12-15H,11H2,1-3H3,(H,24,25,27)/t15-/m0/s1. The number of aromatic nitrogens is 2. The highest BCUT2D eigenvalue weighted by molar-refractivity contribution is 7.19. The summed E-state index contributed by atoms with van der Waals surface area (Å²) in [4.78, 5) is 14.0. The summed E-state index contributed by atoms with van der Waals surface area (Å²) in [6.07, 6.45) is 2.58. The summed E-state index contributed by atoms with van der Waals surface area (Å²) in [5.74, 6) is 1.07. The molecule has 2 aromatic heterocycles. The van der Waals surface area contributed by atoms with E-state index in [0.717, 1.165) is 22.3 Å². The molecule has 148 valence electrons. The predicted molar refractivity (Wildman–Crippen MR) is 118 cm³/mol. The lowest BCUT2D eigenvalue weighted by Gasteiger charge is -2.16. The highest BCUT2D eigenvalue weighted by Gasteiger charge is 2.16. The van der Waals surface area contributed by atoms with Crippen LogP contribution in [0.3, 0.4) is 0 Å². The quantitative estimate of drug-likeness (QED) is 0.479. The van der Waals surface area contributed by atoms with Gasteiger partial charge < -0.3 is 10.1 Å². The number of fused-ring (bicyclic) bond motifs is 1. The minimum absolute atomic E-state index is 0.0166. The topological polar surface area (TPSA) is 56.2 Å². The molecule has 0 spiro atoms. The summed E-state index contributed by atoms with van der Waals surface area (Å²) >= 11 is 1.68. The van der Waals surface area contributed by atoms with E-state index in [1.54, 1.807) is 28.3 Å². The molecule has 0 bridgehead atoms. The third kappa shape index (κ3) is 4.49. The zero-order valence-electron chi connectivity index (χ0n) is 16.7. The number of carbonyl (C=O) groups excluding carboxylic acids is 1. The van der Waals surface area contributed by atoms with Gasteiger partial charge in [0.2, 0.25) is 0 Å². The molecule has 1 N–H and O–H groups in total. The van der Waals surface area contributed by atoms with E-state index >= 15 is 0 Å². The Labute approximate surface area is 173 Å². The molecule has 0 aliphatic carbocycles. The SMILES string of the molecule is Cc1cc2cc(C(=O)Nc3ccn(C)n3)cc(O[C@@H](C)Cc3ccccc3)c2s1. The van der Waals surface area contributed by atoms with Gasteiger partial charge >= 0.3 is 0 Å². The van der Waals surface area contributed by atoms with Crippen LogP contribution >= 0.6 is 11.3 Å². The fourth-order valence-electron chi connectivity index (χ4n) is 3.34. The Morgan fingerprint density at radius 2 is 2.00 bits per heavy atom. The normalized spacial score (nSPS) is 12.1.